The molecule has 150 valence electrons. The summed E-state index contributed by atoms with van der Waals surface area (Å²) in [6.45, 7) is 7.44. The summed E-state index contributed by atoms with van der Waals surface area (Å²) in [7, 11) is 0. The van der Waals surface area contributed by atoms with Crippen molar-refractivity contribution in [3.8, 4) is 11.1 Å². The molecule has 0 radical (unpaired) electrons. The summed E-state index contributed by atoms with van der Waals surface area (Å²) < 4.78 is 54.4. The molecule has 5 heteroatoms. The quantitative estimate of drug-likeness (QED) is 0.516. The fourth-order valence-corrected chi connectivity index (χ4v) is 3.48. The molecule has 0 spiro atoms. The third-order valence-electron chi connectivity index (χ3n) is 5.06. The van der Waals surface area contributed by atoms with E-state index in [1.54, 1.807) is 12.1 Å². The number of rotatable bonds is 7. The Hall–Kier alpha value is -2.11. The van der Waals surface area contributed by atoms with E-state index in [2.05, 4.69) is 13.5 Å². The summed E-state index contributed by atoms with van der Waals surface area (Å²) in [5.41, 5.74) is 0.827. The summed E-state index contributed by atoms with van der Waals surface area (Å²) in [5.74, 6) is -2.14. The van der Waals surface area contributed by atoms with E-state index in [-0.39, 0.29) is 22.8 Å². The van der Waals surface area contributed by atoms with Crippen molar-refractivity contribution in [3.63, 3.8) is 0 Å². The lowest BCUT2D eigenvalue weighted by molar-refractivity contribution is -0.0446. The molecule has 1 heterocycles. The minimum absolute atomic E-state index is 0.0197. The monoisotopic (exact) mass is 390 g/mol. The first-order valence-electron chi connectivity index (χ1n) is 9.64. The largest absolute Gasteiger partial charge is 0.381 e. The number of hydrogen-bond donors (Lipinski definition) is 0. The van der Waals surface area contributed by atoms with Crippen molar-refractivity contribution < 1.29 is 22.6 Å². The maximum absolute atomic E-state index is 14.7. The van der Waals surface area contributed by atoms with Crippen LogP contribution in [0, 0.1) is 23.4 Å². The first-order chi connectivity index (χ1) is 13.5. The molecule has 0 aromatic heterocycles. The molecule has 1 saturated heterocycles. The predicted octanol–water partition coefficient (Wildman–Crippen LogP) is 6.31. The molecular weight excluding hydrogens is 365 g/mol. The normalized spacial score (nSPS) is 19.6. The van der Waals surface area contributed by atoms with Gasteiger partial charge in [-0.25, -0.2) is 13.2 Å². The van der Waals surface area contributed by atoms with Gasteiger partial charge in [0.1, 0.15) is 5.82 Å². The van der Waals surface area contributed by atoms with E-state index in [4.69, 9.17) is 9.47 Å². The summed E-state index contributed by atoms with van der Waals surface area (Å²) in [6.07, 6.45) is 3.49. The van der Waals surface area contributed by atoms with Gasteiger partial charge in [-0.1, -0.05) is 43.8 Å². The molecule has 0 N–H and O–H groups in total. The Morgan fingerprint density at radius 2 is 1.96 bits per heavy atom. The SMILES string of the molecule is C=Cc1ccc(-c2ccc(C3CCC(COCCC)CO3)c(F)c2)c(F)c1F. The molecule has 28 heavy (non-hydrogen) atoms. The lowest BCUT2D eigenvalue weighted by atomic mass is 9.93. The van der Waals surface area contributed by atoms with Gasteiger partial charge in [-0.3, -0.25) is 0 Å². The summed E-state index contributed by atoms with van der Waals surface area (Å²) in [4.78, 5) is 0. The molecule has 0 saturated carbocycles. The highest BCUT2D eigenvalue weighted by atomic mass is 19.2. The van der Waals surface area contributed by atoms with Gasteiger partial charge in [0.2, 0.25) is 0 Å². The van der Waals surface area contributed by atoms with Gasteiger partial charge in [0, 0.05) is 29.2 Å². The van der Waals surface area contributed by atoms with Gasteiger partial charge < -0.3 is 9.47 Å². The highest BCUT2D eigenvalue weighted by Gasteiger charge is 2.25. The average Bonchev–Trinajstić information content (AvgIpc) is 2.71. The maximum Gasteiger partial charge on any atom is 0.167 e. The van der Waals surface area contributed by atoms with Gasteiger partial charge in [-0.2, -0.15) is 0 Å². The number of ether oxygens (including phenoxy) is 2. The number of halogens is 3. The van der Waals surface area contributed by atoms with Gasteiger partial charge in [0.15, 0.2) is 11.6 Å². The lowest BCUT2D eigenvalue weighted by Gasteiger charge is -2.29. The van der Waals surface area contributed by atoms with Crippen LogP contribution < -0.4 is 0 Å². The van der Waals surface area contributed by atoms with Crippen LogP contribution in [0.25, 0.3) is 17.2 Å². The van der Waals surface area contributed by atoms with Crippen LogP contribution >= 0.6 is 0 Å². The predicted molar refractivity (Wildman–Crippen MR) is 104 cm³/mol. The van der Waals surface area contributed by atoms with E-state index in [0.29, 0.717) is 31.1 Å². The standard InChI is InChI=1S/C23H25F3O2/c1-3-11-27-13-15-5-10-21(28-14-15)19-9-7-17(12-20(19)24)18-8-6-16(4-2)22(25)23(18)26/h4,6-9,12,15,21H,2-3,5,10-11,13-14H2,1H3. The second-order valence-corrected chi connectivity index (χ2v) is 7.11. The van der Waals surface area contributed by atoms with Crippen molar-refractivity contribution in [2.75, 3.05) is 19.8 Å². The Bertz CT molecular complexity index is 827. The smallest absolute Gasteiger partial charge is 0.167 e. The molecule has 0 amide bonds. The lowest BCUT2D eigenvalue weighted by Crippen LogP contribution is -2.25. The Balaban J connectivity index is 1.72. The first-order valence-corrected chi connectivity index (χ1v) is 9.64. The Kier molecular flexibility index (Phi) is 6.92. The van der Waals surface area contributed by atoms with Gasteiger partial charge in [0.25, 0.3) is 0 Å². The van der Waals surface area contributed by atoms with E-state index in [0.717, 1.165) is 19.4 Å². The van der Waals surface area contributed by atoms with Crippen molar-refractivity contribution in [2.45, 2.75) is 32.3 Å². The molecule has 1 fully saturated rings. The van der Waals surface area contributed by atoms with Crippen molar-refractivity contribution in [1.29, 1.82) is 0 Å². The number of hydrogen-bond acceptors (Lipinski definition) is 2. The second-order valence-electron chi connectivity index (χ2n) is 7.11. The van der Waals surface area contributed by atoms with Crippen LogP contribution in [0.15, 0.2) is 36.9 Å². The second kappa shape index (κ2) is 9.39. The molecule has 0 bridgehead atoms. The summed E-state index contributed by atoms with van der Waals surface area (Å²) in [6, 6.07) is 7.30. The average molecular weight is 390 g/mol. The van der Waals surface area contributed by atoms with E-state index >= 15 is 0 Å². The Morgan fingerprint density at radius 3 is 2.61 bits per heavy atom. The highest BCUT2D eigenvalue weighted by molar-refractivity contribution is 5.67. The van der Waals surface area contributed by atoms with Crippen LogP contribution in [0.4, 0.5) is 13.2 Å². The zero-order valence-corrected chi connectivity index (χ0v) is 16.0. The highest BCUT2D eigenvalue weighted by Crippen LogP contribution is 2.35. The molecule has 2 nitrogen and oxygen atoms in total. The molecular formula is C23H25F3O2. The third-order valence-corrected chi connectivity index (χ3v) is 5.06. The van der Waals surface area contributed by atoms with Crippen LogP contribution in [0.2, 0.25) is 0 Å². The molecule has 1 aliphatic rings. The molecule has 2 aromatic carbocycles. The topological polar surface area (TPSA) is 18.5 Å². The summed E-state index contributed by atoms with van der Waals surface area (Å²) in [5, 5.41) is 0. The molecule has 2 unspecified atom stereocenters. The zero-order chi connectivity index (χ0) is 20.1. The van der Waals surface area contributed by atoms with Crippen LogP contribution in [0.3, 0.4) is 0 Å². The Morgan fingerprint density at radius 1 is 1.14 bits per heavy atom. The van der Waals surface area contributed by atoms with Crippen LogP contribution in [-0.2, 0) is 9.47 Å². The van der Waals surface area contributed by atoms with E-state index in [1.807, 2.05) is 0 Å². The van der Waals surface area contributed by atoms with Crippen molar-refractivity contribution in [1.82, 2.24) is 0 Å². The molecule has 3 rings (SSSR count). The van der Waals surface area contributed by atoms with Crippen LogP contribution in [-0.4, -0.2) is 19.8 Å². The van der Waals surface area contributed by atoms with Gasteiger partial charge >= 0.3 is 0 Å². The van der Waals surface area contributed by atoms with Gasteiger partial charge in [-0.05, 0) is 30.9 Å². The fourth-order valence-electron chi connectivity index (χ4n) is 3.48. The molecule has 2 atom stereocenters. The minimum Gasteiger partial charge on any atom is -0.381 e. The fraction of sp³-hybridized carbons (Fsp3) is 0.391. The minimum atomic E-state index is -1.01. The van der Waals surface area contributed by atoms with Crippen LogP contribution in [0.5, 0.6) is 0 Å². The Labute approximate surface area is 164 Å². The van der Waals surface area contributed by atoms with Gasteiger partial charge in [0.05, 0.1) is 19.3 Å². The molecule has 0 aliphatic carbocycles. The van der Waals surface area contributed by atoms with E-state index < -0.39 is 17.5 Å². The van der Waals surface area contributed by atoms with Crippen LogP contribution in [0.1, 0.15) is 43.4 Å². The van der Waals surface area contributed by atoms with E-state index in [9.17, 15) is 13.2 Å². The first kappa shape index (κ1) is 20.6. The third kappa shape index (κ3) is 4.47. The number of benzene rings is 2. The summed E-state index contributed by atoms with van der Waals surface area (Å²) >= 11 is 0. The van der Waals surface area contributed by atoms with Crippen molar-refractivity contribution in [3.05, 3.63) is 65.5 Å². The van der Waals surface area contributed by atoms with Crippen molar-refractivity contribution >= 4 is 6.08 Å². The zero-order valence-electron chi connectivity index (χ0n) is 16.0. The molecule has 1 aliphatic heterocycles. The maximum atomic E-state index is 14.7. The van der Waals surface area contributed by atoms with E-state index in [1.165, 1.54) is 24.3 Å². The molecule has 2 aromatic rings. The van der Waals surface area contributed by atoms with Gasteiger partial charge in [-0.15, -0.1) is 0 Å². The van der Waals surface area contributed by atoms with Crippen molar-refractivity contribution in [2.24, 2.45) is 5.92 Å².